The van der Waals surface area contributed by atoms with E-state index in [0.29, 0.717) is 24.5 Å². The molecule has 6 N–H and O–H groups in total. The molecule has 7 nitrogen and oxygen atoms in total. The molecule has 0 radical (unpaired) electrons. The number of aliphatic hydroxyl groups excluding tert-OH is 1. The SMILES string of the molecule is CCCC(O)C1CNc2nc(N)[nH]c(=O)c2N1. The number of anilines is 3. The third-order valence-electron chi connectivity index (χ3n) is 2.81. The van der Waals surface area contributed by atoms with Crippen molar-refractivity contribution in [2.45, 2.75) is 31.9 Å². The van der Waals surface area contributed by atoms with Crippen LogP contribution in [0.15, 0.2) is 4.79 Å². The zero-order chi connectivity index (χ0) is 12.4. The summed E-state index contributed by atoms with van der Waals surface area (Å²) in [5, 5.41) is 15.9. The molecule has 1 aromatic heterocycles. The van der Waals surface area contributed by atoms with Crippen molar-refractivity contribution in [1.29, 1.82) is 0 Å². The number of aromatic nitrogens is 2. The molecule has 0 aliphatic carbocycles. The van der Waals surface area contributed by atoms with Crippen molar-refractivity contribution < 1.29 is 5.11 Å². The molecule has 0 aromatic carbocycles. The van der Waals surface area contributed by atoms with E-state index in [4.69, 9.17) is 5.73 Å². The van der Waals surface area contributed by atoms with Crippen LogP contribution in [0.25, 0.3) is 0 Å². The molecule has 94 valence electrons. The molecular weight excluding hydrogens is 222 g/mol. The first-order valence-electron chi connectivity index (χ1n) is 5.70. The van der Waals surface area contributed by atoms with Crippen LogP contribution in [0, 0.1) is 0 Å². The second-order valence-corrected chi connectivity index (χ2v) is 4.16. The number of aliphatic hydroxyl groups is 1. The summed E-state index contributed by atoms with van der Waals surface area (Å²) in [7, 11) is 0. The first-order valence-corrected chi connectivity index (χ1v) is 5.70. The lowest BCUT2D eigenvalue weighted by Gasteiger charge is -2.30. The van der Waals surface area contributed by atoms with Crippen molar-refractivity contribution in [2.24, 2.45) is 0 Å². The quantitative estimate of drug-likeness (QED) is 0.495. The third kappa shape index (κ3) is 2.33. The molecule has 0 fully saturated rings. The minimum absolute atomic E-state index is 0.0793. The maximum Gasteiger partial charge on any atom is 0.277 e. The van der Waals surface area contributed by atoms with Gasteiger partial charge < -0.3 is 21.5 Å². The molecule has 2 atom stereocenters. The summed E-state index contributed by atoms with van der Waals surface area (Å²) in [5.74, 6) is 0.516. The largest absolute Gasteiger partial charge is 0.391 e. The molecule has 7 heteroatoms. The summed E-state index contributed by atoms with van der Waals surface area (Å²) in [5.41, 5.74) is 5.45. The van der Waals surface area contributed by atoms with Gasteiger partial charge in [-0.3, -0.25) is 9.78 Å². The van der Waals surface area contributed by atoms with Gasteiger partial charge in [0.05, 0.1) is 12.1 Å². The number of nitrogen functional groups attached to an aromatic ring is 1. The molecule has 0 spiro atoms. The van der Waals surface area contributed by atoms with Crippen LogP contribution in [0.2, 0.25) is 0 Å². The third-order valence-corrected chi connectivity index (χ3v) is 2.81. The van der Waals surface area contributed by atoms with E-state index in [2.05, 4.69) is 20.6 Å². The van der Waals surface area contributed by atoms with Crippen molar-refractivity contribution in [3.05, 3.63) is 10.4 Å². The highest BCUT2D eigenvalue weighted by atomic mass is 16.3. The first kappa shape index (κ1) is 11.7. The Balaban J connectivity index is 2.21. The number of hydrogen-bond acceptors (Lipinski definition) is 6. The van der Waals surface area contributed by atoms with Gasteiger partial charge in [-0.15, -0.1) is 0 Å². The molecule has 1 aromatic rings. The van der Waals surface area contributed by atoms with Gasteiger partial charge in [-0.1, -0.05) is 13.3 Å². The number of hydrogen-bond donors (Lipinski definition) is 5. The zero-order valence-corrected chi connectivity index (χ0v) is 9.66. The summed E-state index contributed by atoms with van der Waals surface area (Å²) in [6, 6.07) is -0.186. The summed E-state index contributed by atoms with van der Waals surface area (Å²) in [4.78, 5) is 18.0. The zero-order valence-electron chi connectivity index (χ0n) is 9.66. The molecule has 0 saturated heterocycles. The lowest BCUT2D eigenvalue weighted by molar-refractivity contribution is 0.144. The number of aromatic amines is 1. The van der Waals surface area contributed by atoms with Crippen LogP contribution in [-0.4, -0.2) is 33.8 Å². The van der Waals surface area contributed by atoms with Crippen molar-refractivity contribution in [3.63, 3.8) is 0 Å². The predicted molar refractivity (Wildman–Crippen MR) is 66.1 cm³/mol. The van der Waals surface area contributed by atoms with E-state index < -0.39 is 6.10 Å². The van der Waals surface area contributed by atoms with E-state index in [-0.39, 0.29) is 17.5 Å². The van der Waals surface area contributed by atoms with Crippen molar-refractivity contribution in [3.8, 4) is 0 Å². The van der Waals surface area contributed by atoms with Gasteiger partial charge >= 0.3 is 0 Å². The Morgan fingerprint density at radius 1 is 1.65 bits per heavy atom. The fraction of sp³-hybridized carbons (Fsp3) is 0.600. The molecule has 0 saturated carbocycles. The van der Waals surface area contributed by atoms with E-state index in [1.54, 1.807) is 0 Å². The Morgan fingerprint density at radius 2 is 2.41 bits per heavy atom. The standard InChI is InChI=1S/C10H17N5O2/c1-2-3-6(16)5-4-12-8-7(13-5)9(17)15-10(11)14-8/h5-6,13,16H,2-4H2,1H3,(H4,11,12,14,15,17). The van der Waals surface area contributed by atoms with Gasteiger partial charge in [0.1, 0.15) is 5.69 Å². The highest BCUT2D eigenvalue weighted by molar-refractivity contribution is 5.67. The van der Waals surface area contributed by atoms with Gasteiger partial charge in [0.2, 0.25) is 5.95 Å². The van der Waals surface area contributed by atoms with E-state index in [0.717, 1.165) is 6.42 Å². The van der Waals surface area contributed by atoms with Gasteiger partial charge in [-0.25, -0.2) is 0 Å². The van der Waals surface area contributed by atoms with Gasteiger partial charge in [0, 0.05) is 6.54 Å². The molecular formula is C10H17N5O2. The topological polar surface area (TPSA) is 116 Å². The second-order valence-electron chi connectivity index (χ2n) is 4.16. The van der Waals surface area contributed by atoms with E-state index in [9.17, 15) is 9.90 Å². The number of H-pyrrole nitrogens is 1. The van der Waals surface area contributed by atoms with Crippen molar-refractivity contribution in [1.82, 2.24) is 9.97 Å². The lowest BCUT2D eigenvalue weighted by Crippen LogP contribution is -2.44. The Morgan fingerprint density at radius 3 is 3.12 bits per heavy atom. The number of nitrogens with one attached hydrogen (secondary N) is 3. The van der Waals surface area contributed by atoms with Crippen molar-refractivity contribution in [2.75, 3.05) is 22.9 Å². The second kappa shape index (κ2) is 4.62. The van der Waals surface area contributed by atoms with Gasteiger partial charge in [0.15, 0.2) is 5.82 Å². The van der Waals surface area contributed by atoms with E-state index >= 15 is 0 Å². The fourth-order valence-electron chi connectivity index (χ4n) is 1.92. The maximum atomic E-state index is 11.7. The Hall–Kier alpha value is -1.76. The van der Waals surface area contributed by atoms with Crippen LogP contribution in [0.5, 0.6) is 0 Å². The number of nitrogens with two attached hydrogens (primary N) is 1. The highest BCUT2D eigenvalue weighted by Gasteiger charge is 2.26. The van der Waals surface area contributed by atoms with E-state index in [1.165, 1.54) is 0 Å². The predicted octanol–water partition coefficient (Wildman–Crippen LogP) is -0.281. The minimum atomic E-state index is -0.488. The van der Waals surface area contributed by atoms with Crippen LogP contribution in [0.4, 0.5) is 17.5 Å². The minimum Gasteiger partial charge on any atom is -0.391 e. The normalized spacial score (nSPS) is 20.0. The van der Waals surface area contributed by atoms with Gasteiger partial charge in [-0.05, 0) is 6.42 Å². The Bertz CT molecular complexity index is 458. The van der Waals surface area contributed by atoms with Crippen LogP contribution in [0.3, 0.4) is 0 Å². The van der Waals surface area contributed by atoms with Gasteiger partial charge in [-0.2, -0.15) is 4.98 Å². The highest BCUT2D eigenvalue weighted by Crippen LogP contribution is 2.21. The average molecular weight is 239 g/mol. The lowest BCUT2D eigenvalue weighted by atomic mass is 10.0. The molecule has 2 rings (SSSR count). The monoisotopic (exact) mass is 239 g/mol. The van der Waals surface area contributed by atoms with E-state index in [1.807, 2.05) is 6.92 Å². The first-order chi connectivity index (χ1) is 8.11. The molecule has 1 aliphatic rings. The Labute approximate surface area is 98.4 Å². The smallest absolute Gasteiger partial charge is 0.277 e. The maximum absolute atomic E-state index is 11.7. The molecule has 0 bridgehead atoms. The van der Waals surface area contributed by atoms with Crippen LogP contribution >= 0.6 is 0 Å². The molecule has 0 amide bonds. The number of nitrogens with zero attached hydrogens (tertiary/aromatic N) is 1. The molecule has 2 unspecified atom stereocenters. The van der Waals surface area contributed by atoms with Crippen molar-refractivity contribution >= 4 is 17.5 Å². The summed E-state index contributed by atoms with van der Waals surface area (Å²) < 4.78 is 0. The summed E-state index contributed by atoms with van der Waals surface area (Å²) in [6.07, 6.45) is 1.09. The van der Waals surface area contributed by atoms with Crippen LogP contribution in [0.1, 0.15) is 19.8 Å². The average Bonchev–Trinajstić information content (AvgIpc) is 2.28. The Kier molecular flexibility index (Phi) is 3.19. The number of fused-ring (bicyclic) bond motifs is 1. The molecule has 1 aliphatic heterocycles. The van der Waals surface area contributed by atoms with Crippen LogP contribution in [-0.2, 0) is 0 Å². The van der Waals surface area contributed by atoms with Gasteiger partial charge in [0.25, 0.3) is 5.56 Å². The summed E-state index contributed by atoms with van der Waals surface area (Å²) >= 11 is 0. The fourth-order valence-corrected chi connectivity index (χ4v) is 1.92. The summed E-state index contributed by atoms with van der Waals surface area (Å²) in [6.45, 7) is 2.52. The molecule has 17 heavy (non-hydrogen) atoms. The van der Waals surface area contributed by atoms with Crippen LogP contribution < -0.4 is 21.9 Å². The molecule has 2 heterocycles. The number of rotatable bonds is 3.